The third kappa shape index (κ3) is 4.25. The number of thiophene rings is 1. The minimum Gasteiger partial charge on any atom is -0.496 e. The van der Waals surface area contributed by atoms with E-state index in [9.17, 15) is 15.2 Å². The van der Waals surface area contributed by atoms with Gasteiger partial charge in [0.25, 0.3) is 5.69 Å². The highest BCUT2D eigenvalue weighted by molar-refractivity contribution is 7.07. The molecule has 0 aliphatic rings. The van der Waals surface area contributed by atoms with Crippen LogP contribution in [0.25, 0.3) is 0 Å². The molecule has 0 spiro atoms. The van der Waals surface area contributed by atoms with Crippen molar-refractivity contribution in [3.05, 3.63) is 56.3 Å². The highest BCUT2D eigenvalue weighted by Crippen LogP contribution is 2.22. The first-order valence-corrected chi connectivity index (χ1v) is 7.27. The van der Waals surface area contributed by atoms with Crippen molar-refractivity contribution in [1.29, 1.82) is 0 Å². The third-order valence-corrected chi connectivity index (χ3v) is 3.69. The van der Waals surface area contributed by atoms with Gasteiger partial charge in [0.1, 0.15) is 5.75 Å². The van der Waals surface area contributed by atoms with Gasteiger partial charge in [-0.15, -0.1) is 0 Å². The molecule has 21 heavy (non-hydrogen) atoms. The molecule has 1 atom stereocenters. The van der Waals surface area contributed by atoms with Gasteiger partial charge in [0, 0.05) is 19.2 Å². The summed E-state index contributed by atoms with van der Waals surface area (Å²) in [6.07, 6.45) is -0.586. The van der Waals surface area contributed by atoms with Crippen LogP contribution in [-0.4, -0.2) is 23.7 Å². The number of rotatable bonds is 7. The number of non-ortho nitro benzene ring substituents is 1. The van der Waals surface area contributed by atoms with E-state index < -0.39 is 11.0 Å². The fourth-order valence-electron chi connectivity index (χ4n) is 1.90. The summed E-state index contributed by atoms with van der Waals surface area (Å²) in [5.41, 5.74) is 1.59. The SMILES string of the molecule is COc1cc(CNCC(O)c2ccsc2)cc([N+](=O)[O-])c1. The van der Waals surface area contributed by atoms with Crippen LogP contribution in [0.1, 0.15) is 17.2 Å². The molecule has 0 saturated carbocycles. The summed E-state index contributed by atoms with van der Waals surface area (Å²) in [6, 6.07) is 6.47. The van der Waals surface area contributed by atoms with Crippen molar-refractivity contribution in [2.24, 2.45) is 0 Å². The number of ether oxygens (including phenoxy) is 1. The van der Waals surface area contributed by atoms with Crippen LogP contribution in [0.4, 0.5) is 5.69 Å². The largest absolute Gasteiger partial charge is 0.496 e. The molecule has 2 rings (SSSR count). The molecule has 0 aliphatic heterocycles. The average molecular weight is 308 g/mol. The number of hydrogen-bond donors (Lipinski definition) is 2. The fraction of sp³-hybridized carbons (Fsp3) is 0.286. The van der Waals surface area contributed by atoms with Gasteiger partial charge in [0.05, 0.1) is 24.2 Å². The molecule has 2 N–H and O–H groups in total. The van der Waals surface area contributed by atoms with Crippen LogP contribution < -0.4 is 10.1 Å². The van der Waals surface area contributed by atoms with Gasteiger partial charge in [-0.3, -0.25) is 10.1 Å². The monoisotopic (exact) mass is 308 g/mol. The predicted octanol–water partition coefficient (Wildman–Crippen LogP) is 2.49. The summed E-state index contributed by atoms with van der Waals surface area (Å²) < 4.78 is 5.05. The van der Waals surface area contributed by atoms with Crippen LogP contribution in [-0.2, 0) is 6.54 Å². The van der Waals surface area contributed by atoms with Crippen molar-refractivity contribution in [2.45, 2.75) is 12.6 Å². The van der Waals surface area contributed by atoms with E-state index >= 15 is 0 Å². The zero-order valence-corrected chi connectivity index (χ0v) is 12.3. The van der Waals surface area contributed by atoms with Gasteiger partial charge in [0.15, 0.2) is 0 Å². The summed E-state index contributed by atoms with van der Waals surface area (Å²) in [7, 11) is 1.47. The first-order valence-electron chi connectivity index (χ1n) is 6.33. The molecule has 0 aliphatic carbocycles. The second kappa shape index (κ2) is 7.16. The Hall–Kier alpha value is -1.96. The van der Waals surface area contributed by atoms with Crippen molar-refractivity contribution in [1.82, 2.24) is 5.32 Å². The van der Waals surface area contributed by atoms with E-state index in [1.807, 2.05) is 16.8 Å². The average Bonchev–Trinajstić information content (AvgIpc) is 3.01. The number of nitro benzene ring substituents is 1. The van der Waals surface area contributed by atoms with Gasteiger partial charge < -0.3 is 15.2 Å². The van der Waals surface area contributed by atoms with Gasteiger partial charge in [-0.25, -0.2) is 0 Å². The number of benzene rings is 1. The lowest BCUT2D eigenvalue weighted by atomic mass is 10.1. The quantitative estimate of drug-likeness (QED) is 0.606. The maximum atomic E-state index is 10.8. The molecule has 0 amide bonds. The van der Waals surface area contributed by atoms with Crippen LogP contribution in [0.2, 0.25) is 0 Å². The number of nitrogens with zero attached hydrogens (tertiary/aromatic N) is 1. The Morgan fingerprint density at radius 1 is 1.48 bits per heavy atom. The Kier molecular flexibility index (Phi) is 5.26. The lowest BCUT2D eigenvalue weighted by Crippen LogP contribution is -2.20. The predicted molar refractivity (Wildman–Crippen MR) is 80.6 cm³/mol. The van der Waals surface area contributed by atoms with Gasteiger partial charge in [0.2, 0.25) is 0 Å². The number of aliphatic hydroxyl groups is 1. The van der Waals surface area contributed by atoms with Crippen molar-refractivity contribution in [3.8, 4) is 5.75 Å². The molecule has 7 heteroatoms. The van der Waals surface area contributed by atoms with E-state index in [2.05, 4.69) is 5.32 Å². The van der Waals surface area contributed by atoms with Crippen LogP contribution in [0.15, 0.2) is 35.0 Å². The lowest BCUT2D eigenvalue weighted by molar-refractivity contribution is -0.385. The summed E-state index contributed by atoms with van der Waals surface area (Å²) in [5, 5.41) is 27.7. The smallest absolute Gasteiger partial charge is 0.273 e. The molecule has 1 aromatic heterocycles. The Bertz CT molecular complexity index is 601. The molecule has 1 heterocycles. The minimum atomic E-state index is -0.586. The van der Waals surface area contributed by atoms with E-state index in [1.54, 1.807) is 6.07 Å². The van der Waals surface area contributed by atoms with Crippen LogP contribution in [0, 0.1) is 10.1 Å². The standard InChI is InChI=1S/C14H16N2O4S/c1-20-13-5-10(4-12(6-13)16(18)19)7-15-8-14(17)11-2-3-21-9-11/h2-6,9,14-15,17H,7-8H2,1H3. The highest BCUT2D eigenvalue weighted by atomic mass is 32.1. The maximum absolute atomic E-state index is 10.8. The topological polar surface area (TPSA) is 84.6 Å². The first-order chi connectivity index (χ1) is 10.1. The Morgan fingerprint density at radius 3 is 2.90 bits per heavy atom. The molecule has 1 unspecified atom stereocenters. The zero-order chi connectivity index (χ0) is 15.2. The molecule has 112 valence electrons. The molecule has 0 bridgehead atoms. The van der Waals surface area contributed by atoms with E-state index in [0.717, 1.165) is 11.1 Å². The lowest BCUT2D eigenvalue weighted by Gasteiger charge is -2.11. The summed E-state index contributed by atoms with van der Waals surface area (Å²) in [6.45, 7) is 0.793. The Morgan fingerprint density at radius 2 is 2.29 bits per heavy atom. The molecular weight excluding hydrogens is 292 g/mol. The Balaban J connectivity index is 1.96. The number of methoxy groups -OCH3 is 1. The number of nitrogens with one attached hydrogen (secondary N) is 1. The van der Waals surface area contributed by atoms with Crippen molar-refractivity contribution in [3.63, 3.8) is 0 Å². The van der Waals surface area contributed by atoms with E-state index in [-0.39, 0.29) is 5.69 Å². The summed E-state index contributed by atoms with van der Waals surface area (Å²) in [5.74, 6) is 0.444. The molecule has 0 fully saturated rings. The van der Waals surface area contributed by atoms with Gasteiger partial charge in [-0.1, -0.05) is 0 Å². The van der Waals surface area contributed by atoms with E-state index in [1.165, 1.54) is 30.6 Å². The van der Waals surface area contributed by atoms with Gasteiger partial charge >= 0.3 is 0 Å². The zero-order valence-electron chi connectivity index (χ0n) is 11.5. The fourth-order valence-corrected chi connectivity index (χ4v) is 2.61. The summed E-state index contributed by atoms with van der Waals surface area (Å²) in [4.78, 5) is 10.4. The number of aliphatic hydroxyl groups excluding tert-OH is 1. The molecule has 2 aromatic rings. The summed E-state index contributed by atoms with van der Waals surface area (Å²) >= 11 is 1.53. The minimum absolute atomic E-state index is 0.00969. The molecular formula is C14H16N2O4S. The number of nitro groups is 1. The second-order valence-electron chi connectivity index (χ2n) is 4.50. The van der Waals surface area contributed by atoms with E-state index in [0.29, 0.717) is 18.8 Å². The van der Waals surface area contributed by atoms with Crippen molar-refractivity contribution in [2.75, 3.05) is 13.7 Å². The van der Waals surface area contributed by atoms with Crippen LogP contribution in [0.5, 0.6) is 5.75 Å². The third-order valence-electron chi connectivity index (χ3n) is 2.99. The normalized spacial score (nSPS) is 12.1. The van der Waals surface area contributed by atoms with Crippen LogP contribution in [0.3, 0.4) is 0 Å². The van der Waals surface area contributed by atoms with Crippen LogP contribution >= 0.6 is 11.3 Å². The highest BCUT2D eigenvalue weighted by Gasteiger charge is 2.11. The van der Waals surface area contributed by atoms with Gasteiger partial charge in [-0.05, 0) is 34.0 Å². The van der Waals surface area contributed by atoms with Crippen molar-refractivity contribution >= 4 is 17.0 Å². The second-order valence-corrected chi connectivity index (χ2v) is 5.28. The Labute approximate surface area is 126 Å². The molecule has 0 saturated heterocycles. The van der Waals surface area contributed by atoms with E-state index in [4.69, 9.17) is 4.74 Å². The van der Waals surface area contributed by atoms with Gasteiger partial charge in [-0.2, -0.15) is 11.3 Å². The van der Waals surface area contributed by atoms with Crippen molar-refractivity contribution < 1.29 is 14.8 Å². The first kappa shape index (κ1) is 15.4. The molecule has 6 nitrogen and oxygen atoms in total. The maximum Gasteiger partial charge on any atom is 0.273 e. The molecule has 1 aromatic carbocycles. The number of hydrogen-bond acceptors (Lipinski definition) is 6. The molecule has 0 radical (unpaired) electrons.